The number of rotatable bonds is 3. The molecule has 54 valence electrons. The highest BCUT2D eigenvalue weighted by Crippen LogP contribution is 1.99. The van der Waals surface area contributed by atoms with Crippen LogP contribution in [0, 0.1) is 5.21 Å². The summed E-state index contributed by atoms with van der Waals surface area (Å²) in [6.45, 7) is 0. The van der Waals surface area contributed by atoms with Crippen LogP contribution in [0.5, 0.6) is 0 Å². The Kier molecular flexibility index (Phi) is 4.53. The lowest BCUT2D eigenvalue weighted by molar-refractivity contribution is -0.568. The third-order valence-corrected chi connectivity index (χ3v) is 1.30. The Balaban J connectivity index is 3.70. The Morgan fingerprint density at radius 3 is 2.78 bits per heavy atom. The quantitative estimate of drug-likeness (QED) is 0.212. The van der Waals surface area contributed by atoms with Gasteiger partial charge < -0.3 is 10.0 Å². The molecule has 0 aliphatic rings. The maximum atomic E-state index is 10.4. The second-order valence-electron chi connectivity index (χ2n) is 1.16. The fourth-order valence-corrected chi connectivity index (χ4v) is 0.344. The summed E-state index contributed by atoms with van der Waals surface area (Å²) < 4.78 is 0. The third-order valence-electron chi connectivity index (χ3n) is 0.529. The van der Waals surface area contributed by atoms with Gasteiger partial charge in [-0.15, -0.1) is 11.6 Å². The van der Waals surface area contributed by atoms with E-state index in [4.69, 9.17) is 23.2 Å². The van der Waals surface area contributed by atoms with Gasteiger partial charge in [0.1, 0.15) is 13.0 Å². The van der Waals surface area contributed by atoms with E-state index < -0.39 is 5.50 Å². The number of hydroxylamine groups is 1. The molecule has 0 aliphatic heterocycles. The molecule has 0 N–H and O–H groups in total. The lowest BCUT2D eigenvalue weighted by atomic mass is 10.8. The van der Waals surface area contributed by atoms with Gasteiger partial charge in [-0.05, 0) is 16.5 Å². The van der Waals surface area contributed by atoms with Crippen molar-refractivity contribution in [1.29, 1.82) is 0 Å². The number of halogens is 2. The topological polar surface area (TPSA) is 47.7 Å². The van der Waals surface area contributed by atoms with E-state index in [1.165, 1.54) is 7.11 Å². The molecule has 0 bridgehead atoms. The van der Waals surface area contributed by atoms with E-state index in [1.54, 1.807) is 0 Å². The van der Waals surface area contributed by atoms with Gasteiger partial charge in [-0.3, -0.25) is 0 Å². The molecule has 1 unspecified atom stereocenters. The predicted octanol–water partition coefficient (Wildman–Crippen LogP) is 1.31. The fraction of sp³-hybridized carbons (Fsp3) is 1.00. The highest BCUT2D eigenvalue weighted by molar-refractivity contribution is 6.27. The van der Waals surface area contributed by atoms with E-state index in [-0.39, 0.29) is 10.7 Å². The van der Waals surface area contributed by atoms with Gasteiger partial charge in [-0.1, -0.05) is 0 Å². The van der Waals surface area contributed by atoms with Gasteiger partial charge in [-0.2, -0.15) is 0 Å². The summed E-state index contributed by atoms with van der Waals surface area (Å²) in [5.41, 5.74) is -0.855. The van der Waals surface area contributed by atoms with E-state index in [0.29, 0.717) is 0 Å². The van der Waals surface area contributed by atoms with Crippen LogP contribution >= 0.6 is 23.2 Å². The Hall–Kier alpha value is -0.220. The molecule has 0 spiro atoms. The van der Waals surface area contributed by atoms with E-state index in [9.17, 15) is 5.21 Å². The molecule has 0 fully saturated rings. The lowest BCUT2D eigenvalue weighted by Crippen LogP contribution is -2.14. The number of alkyl halides is 2. The number of hydrogen-bond donors (Lipinski definition) is 0. The zero-order valence-corrected chi connectivity index (χ0v) is 6.26. The van der Waals surface area contributed by atoms with Crippen molar-refractivity contribution in [3.05, 3.63) is 5.21 Å². The fourth-order valence-electron chi connectivity index (χ4n) is 0.191. The summed E-state index contributed by atoms with van der Waals surface area (Å²) >= 11 is 10.5. The van der Waals surface area contributed by atoms with Gasteiger partial charge in [0, 0.05) is 0 Å². The Labute approximate surface area is 62.5 Å². The molecule has 1 atom stereocenters. The largest absolute Gasteiger partial charge is 0.596 e. The van der Waals surface area contributed by atoms with Crippen LogP contribution in [0.25, 0.3) is 0 Å². The SMILES string of the molecule is CO/N=[N+](/[O-])C(Cl)CCl. The van der Waals surface area contributed by atoms with Crippen molar-refractivity contribution < 1.29 is 9.70 Å². The van der Waals surface area contributed by atoms with Gasteiger partial charge in [0.15, 0.2) is 0 Å². The van der Waals surface area contributed by atoms with Gasteiger partial charge in [-0.25, -0.2) is 0 Å². The minimum Gasteiger partial charge on any atom is -0.596 e. The zero-order valence-electron chi connectivity index (χ0n) is 4.75. The second kappa shape index (κ2) is 4.64. The Bertz CT molecular complexity index is 108. The summed E-state index contributed by atoms with van der Waals surface area (Å²) in [5, 5.41) is 13.3. The second-order valence-corrected chi connectivity index (χ2v) is 1.97. The monoisotopic (exact) mass is 172 g/mol. The lowest BCUT2D eigenvalue weighted by Gasteiger charge is -2.00. The standard InChI is InChI=1S/C3H6Cl2N2O2/c1-9-6-7(8)3(5)2-4/h3H,2H2,1H3/b7-6+. The van der Waals surface area contributed by atoms with Crippen LogP contribution < -0.4 is 0 Å². The normalized spacial score (nSPS) is 15.2. The number of nitrogens with zero attached hydrogens (tertiary/aromatic N) is 2. The molecule has 0 heterocycles. The molecule has 0 saturated heterocycles. The highest BCUT2D eigenvalue weighted by Gasteiger charge is 2.11. The Morgan fingerprint density at radius 2 is 2.44 bits per heavy atom. The van der Waals surface area contributed by atoms with Gasteiger partial charge in [0.25, 0.3) is 5.50 Å². The van der Waals surface area contributed by atoms with Crippen molar-refractivity contribution in [2.24, 2.45) is 5.28 Å². The van der Waals surface area contributed by atoms with E-state index in [0.717, 1.165) is 0 Å². The molecule has 9 heavy (non-hydrogen) atoms. The van der Waals surface area contributed by atoms with Gasteiger partial charge >= 0.3 is 0 Å². The van der Waals surface area contributed by atoms with Gasteiger partial charge in [0.05, 0.1) is 0 Å². The van der Waals surface area contributed by atoms with Crippen molar-refractivity contribution in [1.82, 2.24) is 0 Å². The summed E-state index contributed by atoms with van der Waals surface area (Å²) in [7, 11) is 1.25. The van der Waals surface area contributed by atoms with E-state index in [1.807, 2.05) is 0 Å². The molecular formula is C3H6Cl2N2O2. The average Bonchev–Trinajstić information content (AvgIpc) is 1.87. The van der Waals surface area contributed by atoms with Crippen molar-refractivity contribution in [2.45, 2.75) is 5.50 Å². The van der Waals surface area contributed by atoms with Crippen LogP contribution in [0.2, 0.25) is 0 Å². The molecule has 0 aromatic rings. The summed E-state index contributed by atoms with van der Waals surface area (Å²) in [4.78, 5) is 4.31. The summed E-state index contributed by atoms with van der Waals surface area (Å²) in [5.74, 6) is 0.0118. The molecule has 0 radical (unpaired) electrons. The molecule has 0 rings (SSSR count). The number of hydrogen-bond acceptors (Lipinski definition) is 3. The van der Waals surface area contributed by atoms with E-state index in [2.05, 4.69) is 10.1 Å². The highest BCUT2D eigenvalue weighted by atomic mass is 35.5. The zero-order chi connectivity index (χ0) is 7.28. The van der Waals surface area contributed by atoms with Crippen LogP contribution in [-0.2, 0) is 4.84 Å². The third kappa shape index (κ3) is 3.37. The summed E-state index contributed by atoms with van der Waals surface area (Å²) in [6, 6.07) is 0. The smallest absolute Gasteiger partial charge is 0.280 e. The van der Waals surface area contributed by atoms with Crippen LogP contribution in [0.3, 0.4) is 0 Å². The van der Waals surface area contributed by atoms with Crippen LogP contribution in [0.15, 0.2) is 5.28 Å². The van der Waals surface area contributed by atoms with Crippen LogP contribution in [-0.4, -0.2) is 23.4 Å². The van der Waals surface area contributed by atoms with Crippen molar-refractivity contribution in [3.63, 3.8) is 0 Å². The van der Waals surface area contributed by atoms with Gasteiger partial charge in [0.2, 0.25) is 5.28 Å². The first kappa shape index (κ1) is 8.78. The molecule has 0 saturated carbocycles. The van der Waals surface area contributed by atoms with Crippen molar-refractivity contribution >= 4 is 23.2 Å². The molecule has 0 amide bonds. The average molecular weight is 173 g/mol. The van der Waals surface area contributed by atoms with Crippen molar-refractivity contribution in [3.8, 4) is 0 Å². The van der Waals surface area contributed by atoms with E-state index >= 15 is 0 Å². The van der Waals surface area contributed by atoms with Crippen LogP contribution in [0.4, 0.5) is 0 Å². The van der Waals surface area contributed by atoms with Crippen LogP contribution in [0.1, 0.15) is 0 Å². The maximum Gasteiger partial charge on any atom is 0.280 e. The molecular weight excluding hydrogens is 167 g/mol. The molecule has 0 aliphatic carbocycles. The first-order valence-corrected chi connectivity index (χ1v) is 3.10. The molecule has 6 heteroatoms. The minimum absolute atomic E-state index is 0.0118. The Morgan fingerprint density at radius 1 is 1.89 bits per heavy atom. The van der Waals surface area contributed by atoms with Crippen molar-refractivity contribution in [2.75, 3.05) is 13.0 Å². The molecule has 4 nitrogen and oxygen atoms in total. The predicted molar refractivity (Wildman–Crippen MR) is 33.4 cm³/mol. The first-order chi connectivity index (χ1) is 4.22. The maximum absolute atomic E-state index is 10.4. The summed E-state index contributed by atoms with van der Waals surface area (Å²) in [6.07, 6.45) is 0. The minimum atomic E-state index is -0.855. The molecule has 0 aromatic heterocycles. The first-order valence-electron chi connectivity index (χ1n) is 2.13. The molecule has 0 aromatic carbocycles.